The monoisotopic (exact) mass is 516 g/mol. The lowest BCUT2D eigenvalue weighted by Crippen LogP contribution is -2.61. The minimum atomic E-state index is -0.611. The molecule has 1 aliphatic rings. The molecule has 1 saturated heterocycles. The molecule has 1 aliphatic heterocycles. The van der Waals surface area contributed by atoms with Crippen molar-refractivity contribution in [1.29, 1.82) is 0 Å². The minimum Gasteiger partial charge on any atom is -0.487 e. The Morgan fingerprint density at radius 2 is 1.49 bits per heavy atom. The molecule has 0 unspecified atom stereocenters. The topological polar surface area (TPSA) is 69.5 Å². The largest absolute Gasteiger partial charge is 0.487 e. The van der Waals surface area contributed by atoms with Gasteiger partial charge in [0.2, 0.25) is 6.10 Å². The molecular formula is C32H28N4O3. The molecule has 1 fully saturated rings. The normalized spacial score (nSPS) is 16.5. The van der Waals surface area contributed by atoms with E-state index in [1.165, 1.54) is 0 Å². The van der Waals surface area contributed by atoms with Gasteiger partial charge in [-0.2, -0.15) is 0 Å². The number of rotatable bonds is 9. The van der Waals surface area contributed by atoms with Crippen LogP contribution in [0, 0.1) is 6.92 Å². The van der Waals surface area contributed by atoms with E-state index in [1.807, 2.05) is 110 Å². The highest BCUT2D eigenvalue weighted by Gasteiger charge is 2.51. The van der Waals surface area contributed by atoms with Gasteiger partial charge in [0.15, 0.2) is 0 Å². The van der Waals surface area contributed by atoms with Crippen LogP contribution in [0.3, 0.4) is 0 Å². The molecule has 0 radical (unpaired) electrons. The summed E-state index contributed by atoms with van der Waals surface area (Å²) >= 11 is 0. The van der Waals surface area contributed by atoms with Gasteiger partial charge in [-0.25, -0.2) is 4.68 Å². The molecular weight excluding hydrogens is 488 g/mol. The fourth-order valence-corrected chi connectivity index (χ4v) is 4.71. The molecule has 7 heteroatoms. The molecule has 0 N–H and O–H groups in total. The lowest BCUT2D eigenvalue weighted by Gasteiger charge is -2.46. The number of β-lactam (4-membered cyclic amide) rings is 1. The second-order valence-corrected chi connectivity index (χ2v) is 9.59. The van der Waals surface area contributed by atoms with Gasteiger partial charge in [0, 0.05) is 5.69 Å². The van der Waals surface area contributed by atoms with E-state index >= 15 is 0 Å². The van der Waals surface area contributed by atoms with Crippen LogP contribution in [0.4, 0.5) is 5.69 Å². The summed E-state index contributed by atoms with van der Waals surface area (Å²) in [6, 6.07) is 35.1. The average Bonchev–Trinajstić information content (AvgIpc) is 3.43. The molecule has 39 heavy (non-hydrogen) atoms. The lowest BCUT2D eigenvalue weighted by molar-refractivity contribution is -0.135. The predicted octanol–water partition coefficient (Wildman–Crippen LogP) is 5.75. The molecule has 2 heterocycles. The third-order valence-corrected chi connectivity index (χ3v) is 6.75. The van der Waals surface area contributed by atoms with Crippen LogP contribution in [-0.2, 0) is 17.9 Å². The van der Waals surface area contributed by atoms with Gasteiger partial charge in [-0.15, -0.1) is 5.10 Å². The minimum absolute atomic E-state index is 0.0633. The Morgan fingerprint density at radius 3 is 2.21 bits per heavy atom. The second-order valence-electron chi connectivity index (χ2n) is 9.59. The van der Waals surface area contributed by atoms with E-state index in [0.717, 1.165) is 28.1 Å². The highest BCUT2D eigenvalue weighted by atomic mass is 16.5. The number of carbonyl (C=O) groups excluding carboxylic acids is 1. The van der Waals surface area contributed by atoms with Crippen LogP contribution in [0.25, 0.3) is 0 Å². The Bertz CT molecular complexity index is 1530. The first-order chi connectivity index (χ1) is 19.1. The number of nitrogens with zero attached hydrogens (tertiary/aromatic N) is 4. The third-order valence-electron chi connectivity index (χ3n) is 6.75. The van der Waals surface area contributed by atoms with Crippen molar-refractivity contribution in [3.05, 3.63) is 138 Å². The number of hydrogen-bond donors (Lipinski definition) is 0. The van der Waals surface area contributed by atoms with Crippen molar-refractivity contribution >= 4 is 11.6 Å². The Balaban J connectivity index is 1.15. The molecule has 194 valence electrons. The summed E-state index contributed by atoms with van der Waals surface area (Å²) in [7, 11) is 0. The molecule has 2 atom stereocenters. The number of benzene rings is 4. The van der Waals surface area contributed by atoms with Crippen LogP contribution in [-0.4, -0.2) is 27.0 Å². The maximum Gasteiger partial charge on any atom is 0.271 e. The van der Waals surface area contributed by atoms with E-state index in [2.05, 4.69) is 22.4 Å². The van der Waals surface area contributed by atoms with Crippen LogP contribution in [0.1, 0.15) is 28.4 Å². The number of anilines is 1. The van der Waals surface area contributed by atoms with E-state index in [1.54, 1.807) is 9.58 Å². The number of aryl methyl sites for hydroxylation is 1. The number of hydrogen-bond acceptors (Lipinski definition) is 5. The first-order valence-corrected chi connectivity index (χ1v) is 12.9. The van der Waals surface area contributed by atoms with Crippen molar-refractivity contribution in [3.8, 4) is 11.5 Å². The Morgan fingerprint density at radius 1 is 0.795 bits per heavy atom. The first kappa shape index (κ1) is 24.4. The average molecular weight is 517 g/mol. The van der Waals surface area contributed by atoms with Crippen molar-refractivity contribution < 1.29 is 14.3 Å². The number of carbonyl (C=O) groups is 1. The van der Waals surface area contributed by atoms with Gasteiger partial charge in [-0.05, 0) is 54.4 Å². The van der Waals surface area contributed by atoms with Crippen molar-refractivity contribution in [2.75, 3.05) is 4.90 Å². The van der Waals surface area contributed by atoms with Crippen LogP contribution < -0.4 is 14.4 Å². The molecule has 6 rings (SSSR count). The van der Waals surface area contributed by atoms with E-state index in [9.17, 15) is 4.79 Å². The van der Waals surface area contributed by atoms with Crippen molar-refractivity contribution in [2.24, 2.45) is 0 Å². The molecule has 5 aromatic rings. The summed E-state index contributed by atoms with van der Waals surface area (Å²) in [5.41, 5.74) is 4.87. The quantitative estimate of drug-likeness (QED) is 0.233. The molecule has 0 spiro atoms. The van der Waals surface area contributed by atoms with Crippen LogP contribution in [0.2, 0.25) is 0 Å². The number of amides is 1. The Kier molecular flexibility index (Phi) is 6.78. The van der Waals surface area contributed by atoms with Gasteiger partial charge in [0.1, 0.15) is 29.8 Å². The van der Waals surface area contributed by atoms with Crippen molar-refractivity contribution in [3.63, 3.8) is 0 Å². The van der Waals surface area contributed by atoms with Gasteiger partial charge in [0.25, 0.3) is 5.91 Å². The summed E-state index contributed by atoms with van der Waals surface area (Å²) in [6.07, 6.45) is 1.28. The third kappa shape index (κ3) is 5.38. The van der Waals surface area contributed by atoms with Gasteiger partial charge in [-0.3, -0.25) is 9.69 Å². The van der Waals surface area contributed by atoms with E-state index in [0.29, 0.717) is 24.7 Å². The lowest BCUT2D eigenvalue weighted by atomic mass is 9.89. The smallest absolute Gasteiger partial charge is 0.271 e. The number of para-hydroxylation sites is 1. The molecule has 0 aliphatic carbocycles. The van der Waals surface area contributed by atoms with Crippen LogP contribution in [0.15, 0.2) is 115 Å². The second kappa shape index (κ2) is 10.8. The fourth-order valence-electron chi connectivity index (χ4n) is 4.71. The summed E-state index contributed by atoms with van der Waals surface area (Å²) in [6.45, 7) is 3.00. The predicted molar refractivity (Wildman–Crippen MR) is 149 cm³/mol. The summed E-state index contributed by atoms with van der Waals surface area (Å²) in [4.78, 5) is 15.0. The Hall–Kier alpha value is -4.91. The highest BCUT2D eigenvalue weighted by Crippen LogP contribution is 2.41. The summed E-state index contributed by atoms with van der Waals surface area (Å²) in [5.74, 6) is 1.32. The van der Waals surface area contributed by atoms with Gasteiger partial charge < -0.3 is 9.47 Å². The molecule has 1 amide bonds. The summed E-state index contributed by atoms with van der Waals surface area (Å²) in [5, 5.41) is 8.44. The maximum atomic E-state index is 13.2. The van der Waals surface area contributed by atoms with Gasteiger partial charge in [0.05, 0.1) is 12.7 Å². The molecule has 0 bridgehead atoms. The van der Waals surface area contributed by atoms with Crippen molar-refractivity contribution in [2.45, 2.75) is 32.2 Å². The zero-order chi connectivity index (χ0) is 26.6. The highest BCUT2D eigenvalue weighted by molar-refractivity contribution is 6.05. The molecule has 4 aromatic carbocycles. The van der Waals surface area contributed by atoms with Gasteiger partial charge >= 0.3 is 0 Å². The zero-order valence-corrected chi connectivity index (χ0v) is 21.6. The fraction of sp³-hybridized carbons (Fsp3) is 0.156. The zero-order valence-electron chi connectivity index (χ0n) is 21.6. The van der Waals surface area contributed by atoms with Gasteiger partial charge in [-0.1, -0.05) is 83.6 Å². The molecule has 0 saturated carbocycles. The van der Waals surface area contributed by atoms with Crippen molar-refractivity contribution in [1.82, 2.24) is 15.0 Å². The van der Waals surface area contributed by atoms with Crippen LogP contribution >= 0.6 is 0 Å². The van der Waals surface area contributed by atoms with E-state index in [4.69, 9.17) is 9.47 Å². The van der Waals surface area contributed by atoms with Crippen LogP contribution in [0.5, 0.6) is 11.5 Å². The molecule has 1 aromatic heterocycles. The Labute approximate surface area is 227 Å². The standard InChI is InChI=1S/C32H28N4O3/c1-23-12-16-27(17-13-23)36-30(31(32(36)37)39-29-10-6-3-7-11-29)25-14-18-28(19-15-25)38-22-26-21-35(34-33-26)20-24-8-4-2-5-9-24/h2-19,21,30-31H,20,22H2,1H3/t30-,31+/m1/s1. The first-order valence-electron chi connectivity index (χ1n) is 12.9. The maximum absolute atomic E-state index is 13.2. The summed E-state index contributed by atoms with van der Waals surface area (Å²) < 4.78 is 13.9. The van der Waals surface area contributed by atoms with E-state index in [-0.39, 0.29) is 11.9 Å². The number of aromatic nitrogens is 3. The van der Waals surface area contributed by atoms with E-state index < -0.39 is 6.10 Å². The number of ether oxygens (including phenoxy) is 2. The molecule has 7 nitrogen and oxygen atoms in total. The SMILES string of the molecule is Cc1ccc(N2C(=O)[C@@H](Oc3ccccc3)[C@H]2c2ccc(OCc3cn(Cc4ccccc4)nn3)cc2)cc1.